The number of nitrogens with zero attached hydrogens (tertiary/aromatic N) is 2. The molecule has 0 amide bonds. The summed E-state index contributed by atoms with van der Waals surface area (Å²) in [6.07, 6.45) is 10.4. The summed E-state index contributed by atoms with van der Waals surface area (Å²) in [4.78, 5) is 6.80. The Morgan fingerprint density at radius 2 is 1.80 bits per heavy atom. The molecule has 0 aromatic heterocycles. The monoisotopic (exact) mass is 353 g/mol. The van der Waals surface area contributed by atoms with Crippen molar-refractivity contribution in [3.63, 3.8) is 0 Å². The number of ether oxygens (including phenoxy) is 3. The molecule has 3 fully saturated rings. The molecule has 0 aromatic carbocycles. The highest BCUT2D eigenvalue weighted by Gasteiger charge is 2.24. The Kier molecular flexibility index (Phi) is 7.82. The second kappa shape index (κ2) is 10.3. The van der Waals surface area contributed by atoms with Gasteiger partial charge >= 0.3 is 0 Å². The van der Waals surface area contributed by atoms with E-state index in [1.807, 2.05) is 7.05 Å². The second-order valence-electron chi connectivity index (χ2n) is 7.41. The van der Waals surface area contributed by atoms with Crippen LogP contribution in [0.2, 0.25) is 0 Å². The van der Waals surface area contributed by atoms with E-state index in [2.05, 4.69) is 15.2 Å². The molecule has 2 unspecified atom stereocenters. The van der Waals surface area contributed by atoms with Crippen LogP contribution in [0, 0.1) is 0 Å². The van der Waals surface area contributed by atoms with E-state index < -0.39 is 0 Å². The number of aliphatic imine (C=N–C) groups is 1. The molecule has 0 radical (unpaired) electrons. The molecule has 3 aliphatic rings. The van der Waals surface area contributed by atoms with Gasteiger partial charge in [0.05, 0.1) is 24.9 Å². The Labute approximate surface area is 152 Å². The zero-order valence-electron chi connectivity index (χ0n) is 15.8. The first-order valence-corrected chi connectivity index (χ1v) is 10.2. The highest BCUT2D eigenvalue weighted by atomic mass is 16.5. The van der Waals surface area contributed by atoms with Gasteiger partial charge in [-0.05, 0) is 51.4 Å². The molecule has 1 N–H and O–H groups in total. The number of guanidine groups is 1. The Morgan fingerprint density at radius 1 is 1.04 bits per heavy atom. The Morgan fingerprint density at radius 3 is 2.48 bits per heavy atom. The fourth-order valence-corrected chi connectivity index (χ4v) is 3.97. The van der Waals surface area contributed by atoms with Gasteiger partial charge in [0.25, 0.3) is 0 Å². The zero-order valence-corrected chi connectivity index (χ0v) is 15.8. The zero-order chi connectivity index (χ0) is 17.3. The SMILES string of the molecule is CN=C(NCCC1CCCO1)N1CCC(OCC2CCCCO2)CC1. The molecule has 3 saturated heterocycles. The lowest BCUT2D eigenvalue weighted by atomic mass is 10.1. The first kappa shape index (κ1) is 18.9. The van der Waals surface area contributed by atoms with Crippen LogP contribution in [0.1, 0.15) is 51.4 Å². The van der Waals surface area contributed by atoms with Crippen molar-refractivity contribution in [2.45, 2.75) is 69.7 Å². The first-order valence-electron chi connectivity index (χ1n) is 10.2. The highest BCUT2D eigenvalue weighted by molar-refractivity contribution is 5.79. The van der Waals surface area contributed by atoms with E-state index in [0.29, 0.717) is 18.3 Å². The number of hydrogen-bond acceptors (Lipinski definition) is 4. The number of piperidine rings is 1. The van der Waals surface area contributed by atoms with Gasteiger partial charge in [-0.1, -0.05) is 0 Å². The summed E-state index contributed by atoms with van der Waals surface area (Å²) in [5.74, 6) is 1.02. The summed E-state index contributed by atoms with van der Waals surface area (Å²) in [7, 11) is 1.87. The van der Waals surface area contributed by atoms with Gasteiger partial charge in [0, 0.05) is 39.9 Å². The van der Waals surface area contributed by atoms with Crippen LogP contribution in [0.4, 0.5) is 0 Å². The van der Waals surface area contributed by atoms with E-state index in [1.165, 1.54) is 25.7 Å². The van der Waals surface area contributed by atoms with Crippen LogP contribution in [0.25, 0.3) is 0 Å². The Balaban J connectivity index is 1.31. The first-order chi connectivity index (χ1) is 12.3. The molecule has 3 rings (SSSR count). The van der Waals surface area contributed by atoms with Crippen molar-refractivity contribution in [3.8, 4) is 0 Å². The summed E-state index contributed by atoms with van der Waals surface area (Å²) < 4.78 is 17.5. The van der Waals surface area contributed by atoms with Crippen LogP contribution in [-0.2, 0) is 14.2 Å². The Hall–Kier alpha value is -0.850. The van der Waals surface area contributed by atoms with Gasteiger partial charge in [-0.25, -0.2) is 0 Å². The molecule has 3 aliphatic heterocycles. The van der Waals surface area contributed by atoms with Gasteiger partial charge < -0.3 is 24.4 Å². The standard InChI is InChI=1S/C19H35N3O3/c1-20-19(21-10-7-16-6-4-14-23-16)22-11-8-17(9-12-22)25-15-18-5-2-3-13-24-18/h16-18H,2-15H2,1H3,(H,20,21). The third kappa shape index (κ3) is 6.12. The average Bonchev–Trinajstić information content (AvgIpc) is 3.18. The van der Waals surface area contributed by atoms with E-state index >= 15 is 0 Å². The summed E-state index contributed by atoms with van der Waals surface area (Å²) in [5, 5.41) is 3.50. The van der Waals surface area contributed by atoms with Crippen molar-refractivity contribution in [2.75, 3.05) is 46.5 Å². The molecule has 144 valence electrons. The predicted molar refractivity (Wildman–Crippen MR) is 99.1 cm³/mol. The Bertz CT molecular complexity index is 399. The third-order valence-corrected chi connectivity index (χ3v) is 5.52. The molecule has 3 heterocycles. The van der Waals surface area contributed by atoms with E-state index in [4.69, 9.17) is 14.2 Å². The van der Waals surface area contributed by atoms with Crippen LogP contribution in [0.3, 0.4) is 0 Å². The summed E-state index contributed by atoms with van der Waals surface area (Å²) in [5.41, 5.74) is 0. The minimum absolute atomic E-state index is 0.319. The fourth-order valence-electron chi connectivity index (χ4n) is 3.97. The lowest BCUT2D eigenvalue weighted by Gasteiger charge is -2.35. The van der Waals surface area contributed by atoms with Crippen molar-refractivity contribution >= 4 is 5.96 Å². The molecule has 6 heteroatoms. The molecule has 2 atom stereocenters. The highest BCUT2D eigenvalue weighted by Crippen LogP contribution is 2.18. The molecule has 0 saturated carbocycles. The largest absolute Gasteiger partial charge is 0.378 e. The molecule has 0 bridgehead atoms. The van der Waals surface area contributed by atoms with E-state index in [0.717, 1.165) is 71.1 Å². The molecule has 0 aromatic rings. The fraction of sp³-hybridized carbons (Fsp3) is 0.947. The van der Waals surface area contributed by atoms with E-state index in [1.54, 1.807) is 0 Å². The van der Waals surface area contributed by atoms with Crippen molar-refractivity contribution < 1.29 is 14.2 Å². The maximum absolute atomic E-state index is 6.10. The summed E-state index contributed by atoms with van der Waals surface area (Å²) in [6, 6.07) is 0. The maximum atomic E-state index is 6.10. The lowest BCUT2D eigenvalue weighted by molar-refractivity contribution is -0.0721. The topological polar surface area (TPSA) is 55.3 Å². The molecular formula is C19H35N3O3. The quantitative estimate of drug-likeness (QED) is 0.586. The molecule has 6 nitrogen and oxygen atoms in total. The summed E-state index contributed by atoms with van der Waals surface area (Å²) >= 11 is 0. The van der Waals surface area contributed by atoms with Crippen LogP contribution in [0.15, 0.2) is 4.99 Å². The smallest absolute Gasteiger partial charge is 0.193 e. The summed E-state index contributed by atoms with van der Waals surface area (Å²) in [6.45, 7) is 5.55. The van der Waals surface area contributed by atoms with Gasteiger partial charge in [0.15, 0.2) is 5.96 Å². The van der Waals surface area contributed by atoms with Crippen molar-refractivity contribution in [1.82, 2.24) is 10.2 Å². The van der Waals surface area contributed by atoms with E-state index in [9.17, 15) is 0 Å². The van der Waals surface area contributed by atoms with Gasteiger partial charge in [-0.2, -0.15) is 0 Å². The number of nitrogens with one attached hydrogen (secondary N) is 1. The molecule has 25 heavy (non-hydrogen) atoms. The van der Waals surface area contributed by atoms with Gasteiger partial charge in [0.1, 0.15) is 0 Å². The van der Waals surface area contributed by atoms with Crippen LogP contribution in [-0.4, -0.2) is 75.7 Å². The van der Waals surface area contributed by atoms with E-state index in [-0.39, 0.29) is 0 Å². The normalized spacial score (nSPS) is 29.2. The minimum atomic E-state index is 0.319. The lowest BCUT2D eigenvalue weighted by Crippen LogP contribution is -2.47. The predicted octanol–water partition coefficient (Wildman–Crippen LogP) is 2.18. The number of rotatable bonds is 6. The number of hydrogen-bond donors (Lipinski definition) is 1. The van der Waals surface area contributed by atoms with Crippen LogP contribution in [0.5, 0.6) is 0 Å². The number of likely N-dealkylation sites (tertiary alicyclic amines) is 1. The third-order valence-electron chi connectivity index (χ3n) is 5.52. The van der Waals surface area contributed by atoms with Crippen molar-refractivity contribution in [1.29, 1.82) is 0 Å². The minimum Gasteiger partial charge on any atom is -0.378 e. The molecule has 0 aliphatic carbocycles. The van der Waals surface area contributed by atoms with Crippen LogP contribution < -0.4 is 5.32 Å². The average molecular weight is 354 g/mol. The van der Waals surface area contributed by atoms with Gasteiger partial charge in [-0.3, -0.25) is 4.99 Å². The molecular weight excluding hydrogens is 318 g/mol. The van der Waals surface area contributed by atoms with Crippen molar-refractivity contribution in [2.24, 2.45) is 4.99 Å². The van der Waals surface area contributed by atoms with Crippen LogP contribution >= 0.6 is 0 Å². The maximum Gasteiger partial charge on any atom is 0.193 e. The second-order valence-corrected chi connectivity index (χ2v) is 7.41. The molecule has 0 spiro atoms. The van der Waals surface area contributed by atoms with Crippen molar-refractivity contribution in [3.05, 3.63) is 0 Å². The van der Waals surface area contributed by atoms with Gasteiger partial charge in [0.2, 0.25) is 0 Å². The van der Waals surface area contributed by atoms with Gasteiger partial charge in [-0.15, -0.1) is 0 Å².